The quantitative estimate of drug-likeness (QED) is 0.352. The molecule has 0 aliphatic heterocycles. The van der Waals surface area contributed by atoms with Crippen molar-refractivity contribution in [3.63, 3.8) is 0 Å². The van der Waals surface area contributed by atoms with Gasteiger partial charge in [-0.05, 0) is 55.5 Å². The summed E-state index contributed by atoms with van der Waals surface area (Å²) in [7, 11) is 1.39. The number of allylic oxidation sites excluding steroid dienone is 4. The van der Waals surface area contributed by atoms with Gasteiger partial charge in [0.15, 0.2) is 0 Å². The van der Waals surface area contributed by atoms with Crippen molar-refractivity contribution >= 4 is 17.6 Å². The monoisotopic (exact) mass is 384 g/mol. The molecule has 0 aromatic heterocycles. The van der Waals surface area contributed by atoms with E-state index >= 15 is 0 Å². The molecule has 2 atom stereocenters. The van der Waals surface area contributed by atoms with E-state index in [-0.39, 0.29) is 24.4 Å². The summed E-state index contributed by atoms with van der Waals surface area (Å²) in [4.78, 5) is 11.6. The first-order valence-electron chi connectivity index (χ1n) is 9.01. The van der Waals surface area contributed by atoms with Crippen LogP contribution in [-0.4, -0.2) is 19.2 Å². The number of carbonyl (C=O) groups is 1. The molecule has 0 radical (unpaired) electrons. The summed E-state index contributed by atoms with van der Waals surface area (Å²) in [6.45, 7) is 5.42. The number of rotatable bonds is 7. The van der Waals surface area contributed by atoms with Crippen LogP contribution in [0.3, 0.4) is 0 Å². The smallest absolute Gasteiger partial charge is 0.307 e. The minimum atomic E-state index is -0.268. The van der Waals surface area contributed by atoms with E-state index in [2.05, 4.69) is 18.4 Å². The van der Waals surface area contributed by atoms with Crippen molar-refractivity contribution < 1.29 is 14.3 Å². The predicted molar refractivity (Wildman–Crippen MR) is 110 cm³/mol. The number of carbonyl (C=O) groups excluding carboxylic acids is 1. The SMILES string of the molecule is C=C/C(Cl)=C\C=C1/CCCC1Oc1ccc(C(C#CC)CC(=O)OC)cc1. The van der Waals surface area contributed by atoms with Crippen LogP contribution in [0.4, 0.5) is 0 Å². The van der Waals surface area contributed by atoms with Gasteiger partial charge in [0.25, 0.3) is 0 Å². The Morgan fingerprint density at radius 2 is 2.15 bits per heavy atom. The van der Waals surface area contributed by atoms with E-state index in [0.29, 0.717) is 5.03 Å². The molecule has 27 heavy (non-hydrogen) atoms. The predicted octanol–water partition coefficient (Wildman–Crippen LogP) is 5.52. The third-order valence-electron chi connectivity index (χ3n) is 4.47. The first kappa shape index (κ1) is 20.9. The molecule has 1 aliphatic carbocycles. The molecule has 3 nitrogen and oxygen atoms in total. The number of ether oxygens (including phenoxy) is 2. The van der Waals surface area contributed by atoms with E-state index in [1.54, 1.807) is 13.0 Å². The van der Waals surface area contributed by atoms with Gasteiger partial charge in [-0.25, -0.2) is 0 Å². The molecule has 0 saturated heterocycles. The number of esters is 1. The molecule has 1 aromatic rings. The Labute approximate surface area is 166 Å². The fourth-order valence-corrected chi connectivity index (χ4v) is 3.10. The average molecular weight is 385 g/mol. The zero-order chi connectivity index (χ0) is 19.6. The minimum Gasteiger partial charge on any atom is -0.486 e. The number of hydrogen-bond donors (Lipinski definition) is 0. The fourth-order valence-electron chi connectivity index (χ4n) is 3.04. The second-order valence-corrected chi connectivity index (χ2v) is 6.73. The number of halogens is 1. The molecule has 1 aromatic carbocycles. The molecule has 0 bridgehead atoms. The second kappa shape index (κ2) is 10.6. The lowest BCUT2D eigenvalue weighted by molar-refractivity contribution is -0.140. The van der Waals surface area contributed by atoms with Gasteiger partial charge in [0.2, 0.25) is 0 Å². The Bertz CT molecular complexity index is 778. The maximum Gasteiger partial charge on any atom is 0.307 e. The van der Waals surface area contributed by atoms with Crippen molar-refractivity contribution in [2.75, 3.05) is 7.11 Å². The minimum absolute atomic E-state index is 0.0580. The van der Waals surface area contributed by atoms with Gasteiger partial charge in [0.1, 0.15) is 11.9 Å². The van der Waals surface area contributed by atoms with Gasteiger partial charge in [-0.3, -0.25) is 4.79 Å². The van der Waals surface area contributed by atoms with Crippen molar-refractivity contribution in [3.05, 3.63) is 65.2 Å². The van der Waals surface area contributed by atoms with Gasteiger partial charge in [0.05, 0.1) is 19.4 Å². The summed E-state index contributed by atoms with van der Waals surface area (Å²) in [5.41, 5.74) is 2.21. The molecule has 2 rings (SSSR count). The molecule has 0 amide bonds. The van der Waals surface area contributed by atoms with E-state index < -0.39 is 0 Å². The molecule has 4 heteroatoms. The molecule has 1 fully saturated rings. The topological polar surface area (TPSA) is 35.5 Å². The number of methoxy groups -OCH3 is 1. The Kier molecular flexibility index (Phi) is 8.23. The van der Waals surface area contributed by atoms with Crippen LogP contribution in [0.1, 0.15) is 44.1 Å². The van der Waals surface area contributed by atoms with Gasteiger partial charge in [-0.15, -0.1) is 5.92 Å². The van der Waals surface area contributed by atoms with E-state index in [1.165, 1.54) is 12.7 Å². The Hall–Kier alpha value is -2.44. The summed E-state index contributed by atoms with van der Waals surface area (Å²) in [5.74, 6) is 6.31. The fraction of sp³-hybridized carbons (Fsp3) is 0.348. The van der Waals surface area contributed by atoms with Crippen LogP contribution >= 0.6 is 11.6 Å². The summed E-state index contributed by atoms with van der Waals surface area (Å²) < 4.78 is 10.9. The number of benzene rings is 1. The molecule has 1 saturated carbocycles. The van der Waals surface area contributed by atoms with E-state index in [0.717, 1.165) is 30.6 Å². The summed E-state index contributed by atoms with van der Waals surface area (Å²) in [6.07, 6.45) is 8.89. The maximum absolute atomic E-state index is 11.6. The average Bonchev–Trinajstić information content (AvgIpc) is 3.13. The zero-order valence-corrected chi connectivity index (χ0v) is 16.6. The molecule has 142 valence electrons. The number of hydrogen-bond acceptors (Lipinski definition) is 3. The lowest BCUT2D eigenvalue weighted by Crippen LogP contribution is -2.14. The van der Waals surface area contributed by atoms with Crippen LogP contribution in [-0.2, 0) is 9.53 Å². The molecular formula is C23H25ClO3. The highest BCUT2D eigenvalue weighted by Gasteiger charge is 2.22. The van der Waals surface area contributed by atoms with Gasteiger partial charge >= 0.3 is 5.97 Å². The van der Waals surface area contributed by atoms with Crippen LogP contribution in [0.25, 0.3) is 0 Å². The normalized spacial score (nSPS) is 19.1. The Morgan fingerprint density at radius 3 is 2.78 bits per heavy atom. The van der Waals surface area contributed by atoms with E-state index in [9.17, 15) is 4.79 Å². The maximum atomic E-state index is 11.6. The van der Waals surface area contributed by atoms with Gasteiger partial charge in [0, 0.05) is 5.03 Å². The van der Waals surface area contributed by atoms with E-state index in [4.69, 9.17) is 21.1 Å². The highest BCUT2D eigenvalue weighted by Crippen LogP contribution is 2.30. The van der Waals surface area contributed by atoms with Crippen LogP contribution in [0, 0.1) is 11.8 Å². The van der Waals surface area contributed by atoms with E-state index in [1.807, 2.05) is 36.4 Å². The van der Waals surface area contributed by atoms with Crippen LogP contribution in [0.5, 0.6) is 5.75 Å². The highest BCUT2D eigenvalue weighted by molar-refractivity contribution is 6.31. The third kappa shape index (κ3) is 6.34. The first-order valence-corrected chi connectivity index (χ1v) is 9.39. The zero-order valence-electron chi connectivity index (χ0n) is 15.8. The second-order valence-electron chi connectivity index (χ2n) is 6.29. The van der Waals surface area contributed by atoms with Crippen molar-refractivity contribution in [1.29, 1.82) is 0 Å². The standard InChI is InChI=1S/C23H25ClO3/c1-4-7-19(16-23(25)26-3)17-11-14-21(15-12-17)27-22-9-6-8-18(22)10-13-20(24)5-2/h5,10-15,19,22H,2,6,8-9,16H2,1,3H3/b18-10+,20-13+. The molecular weight excluding hydrogens is 360 g/mol. The summed E-state index contributed by atoms with van der Waals surface area (Å²) in [5, 5.41) is 0.617. The Morgan fingerprint density at radius 1 is 1.41 bits per heavy atom. The lowest BCUT2D eigenvalue weighted by Gasteiger charge is -2.16. The highest BCUT2D eigenvalue weighted by atomic mass is 35.5. The van der Waals surface area contributed by atoms with Crippen molar-refractivity contribution in [2.45, 2.75) is 44.6 Å². The van der Waals surface area contributed by atoms with Gasteiger partial charge in [-0.1, -0.05) is 48.4 Å². The van der Waals surface area contributed by atoms with Crippen molar-refractivity contribution in [2.24, 2.45) is 0 Å². The molecule has 0 N–H and O–H groups in total. The van der Waals surface area contributed by atoms with Crippen LogP contribution < -0.4 is 4.74 Å². The first-order chi connectivity index (χ1) is 13.1. The van der Waals surface area contributed by atoms with Crippen LogP contribution in [0.15, 0.2) is 59.7 Å². The van der Waals surface area contributed by atoms with Crippen LogP contribution in [0.2, 0.25) is 0 Å². The largest absolute Gasteiger partial charge is 0.486 e. The van der Waals surface area contributed by atoms with Crippen molar-refractivity contribution in [3.8, 4) is 17.6 Å². The lowest BCUT2D eigenvalue weighted by atomic mass is 9.96. The molecule has 0 heterocycles. The summed E-state index contributed by atoms with van der Waals surface area (Å²) in [6, 6.07) is 7.78. The molecule has 2 unspecified atom stereocenters. The van der Waals surface area contributed by atoms with Gasteiger partial charge in [-0.2, -0.15) is 0 Å². The summed E-state index contributed by atoms with van der Waals surface area (Å²) >= 11 is 5.98. The molecule has 1 aliphatic rings. The molecule has 0 spiro atoms. The third-order valence-corrected chi connectivity index (χ3v) is 4.76. The van der Waals surface area contributed by atoms with Crippen molar-refractivity contribution in [1.82, 2.24) is 0 Å². The Balaban J connectivity index is 2.08. The van der Waals surface area contributed by atoms with Gasteiger partial charge < -0.3 is 9.47 Å².